The largest absolute Gasteiger partial charge is 0.504 e. The Morgan fingerprint density at radius 2 is 1.96 bits per heavy atom. The number of ether oxygens (including phenoxy) is 4. The van der Waals surface area contributed by atoms with Crippen molar-refractivity contribution in [2.75, 3.05) is 20.5 Å². The molecule has 2 heterocycles. The number of carbonyl (C=O) groups excluding carboxylic acids is 1. The van der Waals surface area contributed by atoms with Crippen molar-refractivity contribution in [1.82, 2.24) is 0 Å². The van der Waals surface area contributed by atoms with Crippen LogP contribution in [0.3, 0.4) is 0 Å². The van der Waals surface area contributed by atoms with E-state index in [0.29, 0.717) is 29.2 Å². The van der Waals surface area contributed by atoms with Crippen LogP contribution in [0.4, 0.5) is 0 Å². The van der Waals surface area contributed by atoms with Gasteiger partial charge < -0.3 is 24.1 Å². The third kappa shape index (κ3) is 2.08. The lowest BCUT2D eigenvalue weighted by atomic mass is 9.75. The third-order valence-corrected chi connectivity index (χ3v) is 5.19. The van der Waals surface area contributed by atoms with Crippen LogP contribution in [0.2, 0.25) is 0 Å². The molecule has 132 valence electrons. The number of esters is 1. The van der Waals surface area contributed by atoms with Crippen LogP contribution < -0.4 is 14.2 Å². The number of cyclic esters (lactones) is 1. The van der Waals surface area contributed by atoms with Crippen molar-refractivity contribution in [3.63, 3.8) is 0 Å². The van der Waals surface area contributed by atoms with E-state index in [9.17, 15) is 9.90 Å². The Hall–Kier alpha value is -3.15. The van der Waals surface area contributed by atoms with E-state index < -0.39 is 0 Å². The summed E-state index contributed by atoms with van der Waals surface area (Å²) in [5.74, 6) is 1.39. The maximum Gasteiger partial charge on any atom is 0.334 e. The fourth-order valence-corrected chi connectivity index (χ4v) is 3.96. The van der Waals surface area contributed by atoms with Gasteiger partial charge in [0, 0.05) is 17.9 Å². The fraction of sp³-hybridized carbons (Fsp3) is 0.250. The number of phenols is 1. The molecule has 0 aromatic heterocycles. The Balaban J connectivity index is 1.71. The minimum absolute atomic E-state index is 0.0753. The zero-order chi connectivity index (χ0) is 17.8. The van der Waals surface area contributed by atoms with Gasteiger partial charge >= 0.3 is 5.97 Å². The molecule has 1 atom stereocenters. The summed E-state index contributed by atoms with van der Waals surface area (Å²) in [6.07, 6.45) is 0.473. The first-order valence-electron chi connectivity index (χ1n) is 8.34. The van der Waals surface area contributed by atoms with Crippen LogP contribution in [0, 0.1) is 0 Å². The molecule has 1 N–H and O–H groups in total. The molecule has 0 amide bonds. The van der Waals surface area contributed by atoms with Crippen LogP contribution in [-0.2, 0) is 16.0 Å². The minimum Gasteiger partial charge on any atom is -0.504 e. The normalized spacial score (nSPS) is 19.9. The number of fused-ring (bicyclic) bond motifs is 2. The molecule has 0 saturated carbocycles. The lowest BCUT2D eigenvalue weighted by Gasteiger charge is -2.27. The lowest BCUT2D eigenvalue weighted by Crippen LogP contribution is -2.16. The monoisotopic (exact) mass is 352 g/mol. The van der Waals surface area contributed by atoms with Crippen molar-refractivity contribution in [1.29, 1.82) is 0 Å². The fourth-order valence-electron chi connectivity index (χ4n) is 3.96. The average Bonchev–Trinajstić information content (AvgIpc) is 3.26. The van der Waals surface area contributed by atoms with Crippen molar-refractivity contribution >= 4 is 5.97 Å². The standard InChI is InChI=1S/C20H16O6/c1-23-17-6-11-4-13-14(8-24-20(13)22)19(12(11)7-15(17)21)10-2-3-16-18(5-10)26-9-25-16/h2-3,5-7,19,21H,4,8-9H2,1H3. The predicted molar refractivity (Wildman–Crippen MR) is 90.8 cm³/mol. The number of benzene rings is 2. The summed E-state index contributed by atoms with van der Waals surface area (Å²) in [6, 6.07) is 9.27. The molecule has 0 bridgehead atoms. The maximum absolute atomic E-state index is 12.2. The first-order valence-corrected chi connectivity index (χ1v) is 8.34. The maximum atomic E-state index is 12.2. The number of methoxy groups -OCH3 is 1. The number of aromatic hydroxyl groups is 1. The highest BCUT2D eigenvalue weighted by Crippen LogP contribution is 2.48. The molecular formula is C20H16O6. The topological polar surface area (TPSA) is 74.2 Å². The molecule has 6 heteroatoms. The highest BCUT2D eigenvalue weighted by molar-refractivity contribution is 5.94. The van der Waals surface area contributed by atoms with Crippen LogP contribution in [-0.4, -0.2) is 31.6 Å². The smallest absolute Gasteiger partial charge is 0.334 e. The van der Waals surface area contributed by atoms with E-state index in [0.717, 1.165) is 22.3 Å². The van der Waals surface area contributed by atoms with Crippen LogP contribution in [0.1, 0.15) is 22.6 Å². The van der Waals surface area contributed by atoms with Gasteiger partial charge in [-0.25, -0.2) is 4.79 Å². The van der Waals surface area contributed by atoms with Crippen LogP contribution in [0.5, 0.6) is 23.0 Å². The van der Waals surface area contributed by atoms with Crippen LogP contribution >= 0.6 is 0 Å². The predicted octanol–water partition coefficient (Wildman–Crippen LogP) is 2.67. The number of phenolic OH excluding ortho intramolecular Hbond substituents is 1. The molecule has 6 nitrogen and oxygen atoms in total. The van der Waals surface area contributed by atoms with Crippen molar-refractivity contribution in [2.45, 2.75) is 12.3 Å². The zero-order valence-electron chi connectivity index (χ0n) is 14.1. The van der Waals surface area contributed by atoms with E-state index in [1.165, 1.54) is 7.11 Å². The molecule has 3 aliphatic rings. The number of hydrogen-bond acceptors (Lipinski definition) is 6. The van der Waals surface area contributed by atoms with Gasteiger partial charge in [0.2, 0.25) is 6.79 Å². The summed E-state index contributed by atoms with van der Waals surface area (Å²) < 4.78 is 21.4. The van der Waals surface area contributed by atoms with Crippen LogP contribution in [0.25, 0.3) is 0 Å². The third-order valence-electron chi connectivity index (χ3n) is 5.19. The Labute approximate surface area is 149 Å². The molecule has 0 fully saturated rings. The van der Waals surface area contributed by atoms with Gasteiger partial charge in [0.1, 0.15) is 6.61 Å². The van der Waals surface area contributed by atoms with Crippen molar-refractivity contribution in [3.05, 3.63) is 58.2 Å². The molecular weight excluding hydrogens is 336 g/mol. The molecule has 0 spiro atoms. The molecule has 5 rings (SSSR count). The van der Waals surface area contributed by atoms with Gasteiger partial charge in [0.25, 0.3) is 0 Å². The van der Waals surface area contributed by atoms with E-state index in [-0.39, 0.29) is 31.0 Å². The molecule has 0 radical (unpaired) electrons. The SMILES string of the molecule is COc1cc2c(cc1O)C(c1ccc3c(c1)OCO3)C1=C(C2)C(=O)OC1. The number of rotatable bonds is 2. The van der Waals surface area contributed by atoms with E-state index in [1.807, 2.05) is 18.2 Å². The van der Waals surface area contributed by atoms with Gasteiger partial charge in [0.15, 0.2) is 23.0 Å². The Morgan fingerprint density at radius 1 is 1.12 bits per heavy atom. The summed E-state index contributed by atoms with van der Waals surface area (Å²) >= 11 is 0. The second-order valence-electron chi connectivity index (χ2n) is 6.53. The zero-order valence-corrected chi connectivity index (χ0v) is 14.1. The summed E-state index contributed by atoms with van der Waals surface area (Å²) in [7, 11) is 1.51. The summed E-state index contributed by atoms with van der Waals surface area (Å²) in [6.45, 7) is 0.465. The molecule has 1 unspecified atom stereocenters. The first kappa shape index (κ1) is 15.1. The highest BCUT2D eigenvalue weighted by Gasteiger charge is 2.38. The summed E-state index contributed by atoms with van der Waals surface area (Å²) in [5, 5.41) is 10.3. The van der Waals surface area contributed by atoms with Crippen molar-refractivity contribution in [3.8, 4) is 23.0 Å². The molecule has 2 aromatic rings. The number of hydrogen-bond donors (Lipinski definition) is 1. The number of carbonyl (C=O) groups is 1. The Bertz CT molecular complexity index is 975. The first-order chi connectivity index (χ1) is 12.7. The van der Waals surface area contributed by atoms with Gasteiger partial charge in [-0.15, -0.1) is 0 Å². The highest BCUT2D eigenvalue weighted by atomic mass is 16.7. The van der Waals surface area contributed by atoms with Crippen molar-refractivity contribution < 1.29 is 28.8 Å². The Morgan fingerprint density at radius 3 is 2.81 bits per heavy atom. The summed E-state index contributed by atoms with van der Waals surface area (Å²) in [5.41, 5.74) is 4.48. The molecule has 26 heavy (non-hydrogen) atoms. The van der Waals surface area contributed by atoms with Crippen molar-refractivity contribution in [2.24, 2.45) is 0 Å². The van der Waals surface area contributed by atoms with Crippen LogP contribution in [0.15, 0.2) is 41.5 Å². The Kier molecular flexibility index (Phi) is 3.16. The molecule has 2 aliphatic heterocycles. The van der Waals surface area contributed by atoms with E-state index >= 15 is 0 Å². The van der Waals surface area contributed by atoms with E-state index in [2.05, 4.69) is 0 Å². The molecule has 1 aliphatic carbocycles. The van der Waals surface area contributed by atoms with Gasteiger partial charge in [-0.05, 0) is 46.5 Å². The van der Waals surface area contributed by atoms with Gasteiger partial charge in [-0.3, -0.25) is 0 Å². The van der Waals surface area contributed by atoms with Gasteiger partial charge in [-0.2, -0.15) is 0 Å². The second kappa shape index (κ2) is 5.42. The van der Waals surface area contributed by atoms with Gasteiger partial charge in [0.05, 0.1) is 7.11 Å². The van der Waals surface area contributed by atoms with Gasteiger partial charge in [-0.1, -0.05) is 6.07 Å². The second-order valence-corrected chi connectivity index (χ2v) is 6.53. The minimum atomic E-state index is -0.275. The molecule has 2 aromatic carbocycles. The van der Waals surface area contributed by atoms with E-state index in [4.69, 9.17) is 18.9 Å². The lowest BCUT2D eigenvalue weighted by molar-refractivity contribution is -0.136. The average molecular weight is 352 g/mol. The van der Waals surface area contributed by atoms with E-state index in [1.54, 1.807) is 12.1 Å². The quantitative estimate of drug-likeness (QED) is 0.838. The molecule has 0 saturated heterocycles. The summed E-state index contributed by atoms with van der Waals surface area (Å²) in [4.78, 5) is 12.2.